The molecule has 0 aliphatic rings. The molecule has 0 spiro atoms. The molecule has 0 bridgehead atoms. The Morgan fingerprint density at radius 2 is 1.75 bits per heavy atom. The minimum Gasteiger partial charge on any atom is -0.387 e. The molecule has 0 fully saturated rings. The molecule has 0 aliphatic heterocycles. The highest BCUT2D eigenvalue weighted by Gasteiger charge is 2.21. The molecule has 0 saturated heterocycles. The molecule has 0 unspecified atom stereocenters. The fourth-order valence-electron chi connectivity index (χ4n) is 2.72. The zero-order valence-electron chi connectivity index (χ0n) is 15.6. The molecule has 2 aromatic carbocycles. The Hall–Kier alpha value is -2.63. The second-order valence-electron chi connectivity index (χ2n) is 6.50. The Bertz CT molecular complexity index is 778. The van der Waals surface area contributed by atoms with Gasteiger partial charge in [-0.15, -0.1) is 6.58 Å². The van der Waals surface area contributed by atoms with Crippen molar-refractivity contribution in [2.45, 2.75) is 25.5 Å². The lowest BCUT2D eigenvalue weighted by Crippen LogP contribution is -2.36. The lowest BCUT2D eigenvalue weighted by atomic mass is 9.99. The highest BCUT2D eigenvalue weighted by molar-refractivity contribution is 6.30. The van der Waals surface area contributed by atoms with Gasteiger partial charge in [0, 0.05) is 24.5 Å². The number of aliphatic hydroxyl groups is 1. The minimum atomic E-state index is -0.798. The maximum atomic E-state index is 12.5. The maximum absolute atomic E-state index is 12.5. The molecule has 2 amide bonds. The summed E-state index contributed by atoms with van der Waals surface area (Å²) in [5.74, 6) is -1.04. The largest absolute Gasteiger partial charge is 0.387 e. The smallest absolute Gasteiger partial charge is 0.224 e. The molecule has 0 aromatic heterocycles. The van der Waals surface area contributed by atoms with Crippen LogP contribution >= 0.6 is 11.6 Å². The normalized spacial score (nSPS) is 12.6. The Labute approximate surface area is 170 Å². The predicted octanol–water partition coefficient (Wildman–Crippen LogP) is 3.39. The number of aliphatic hydroxyl groups excluding tert-OH is 1. The second kappa shape index (κ2) is 11.3. The van der Waals surface area contributed by atoms with E-state index in [1.54, 1.807) is 30.3 Å². The lowest BCUT2D eigenvalue weighted by Gasteiger charge is -2.17. The molecule has 148 valence electrons. The van der Waals surface area contributed by atoms with Crippen LogP contribution in [-0.4, -0.2) is 23.5 Å². The molecule has 3 N–H and O–H groups in total. The quantitative estimate of drug-likeness (QED) is 0.535. The van der Waals surface area contributed by atoms with Crippen molar-refractivity contribution in [3.8, 4) is 0 Å². The average molecular weight is 401 g/mol. The van der Waals surface area contributed by atoms with Crippen molar-refractivity contribution in [3.63, 3.8) is 0 Å². The van der Waals surface area contributed by atoms with Crippen LogP contribution in [0.1, 0.15) is 30.1 Å². The molecule has 28 heavy (non-hydrogen) atoms. The molecule has 5 nitrogen and oxygen atoms in total. The van der Waals surface area contributed by atoms with Gasteiger partial charge in [-0.1, -0.05) is 60.1 Å². The van der Waals surface area contributed by atoms with Gasteiger partial charge < -0.3 is 15.7 Å². The third kappa shape index (κ3) is 7.18. The number of rotatable bonds is 10. The standard InChI is InChI=1S/C22H25ClN2O3/c1-2-6-18(13-21(27)24-14-16-9-11-19(23)12-10-16)22(28)25-15-20(26)17-7-4-3-5-8-17/h2-5,7-12,18,20,26H,1,6,13-15H2,(H,24,27)(H,25,28)/t18-,20-/m0/s1. The lowest BCUT2D eigenvalue weighted by molar-refractivity contribution is -0.130. The first-order chi connectivity index (χ1) is 13.5. The van der Waals surface area contributed by atoms with Gasteiger partial charge in [0.05, 0.1) is 12.0 Å². The zero-order chi connectivity index (χ0) is 20.4. The van der Waals surface area contributed by atoms with Crippen molar-refractivity contribution in [2.75, 3.05) is 6.54 Å². The summed E-state index contributed by atoms with van der Waals surface area (Å²) in [7, 11) is 0. The number of halogens is 1. The van der Waals surface area contributed by atoms with Crippen LogP contribution in [0.15, 0.2) is 67.3 Å². The number of hydrogen-bond acceptors (Lipinski definition) is 3. The van der Waals surface area contributed by atoms with Gasteiger partial charge in [-0.2, -0.15) is 0 Å². The number of hydrogen-bond donors (Lipinski definition) is 3. The molecule has 2 rings (SSSR count). The van der Waals surface area contributed by atoms with E-state index in [1.165, 1.54) is 0 Å². The molecular weight excluding hydrogens is 376 g/mol. The van der Waals surface area contributed by atoms with Crippen molar-refractivity contribution in [1.29, 1.82) is 0 Å². The SMILES string of the molecule is C=CC[C@@H](CC(=O)NCc1ccc(Cl)cc1)C(=O)NC[C@H](O)c1ccccc1. The molecule has 0 radical (unpaired) electrons. The first kappa shape index (κ1) is 21.7. The molecule has 2 aromatic rings. The third-order valence-electron chi connectivity index (χ3n) is 4.31. The van der Waals surface area contributed by atoms with Crippen LogP contribution in [0.4, 0.5) is 0 Å². The maximum Gasteiger partial charge on any atom is 0.224 e. The van der Waals surface area contributed by atoms with Gasteiger partial charge in [-0.25, -0.2) is 0 Å². The number of benzene rings is 2. The van der Waals surface area contributed by atoms with Crippen LogP contribution in [0.2, 0.25) is 5.02 Å². The van der Waals surface area contributed by atoms with Crippen molar-refractivity contribution >= 4 is 23.4 Å². The molecule has 0 aliphatic carbocycles. The third-order valence-corrected chi connectivity index (χ3v) is 4.56. The summed E-state index contributed by atoms with van der Waals surface area (Å²) in [6.45, 7) is 4.11. The summed E-state index contributed by atoms with van der Waals surface area (Å²) in [5.41, 5.74) is 1.65. The van der Waals surface area contributed by atoms with Crippen LogP contribution in [0, 0.1) is 5.92 Å². The summed E-state index contributed by atoms with van der Waals surface area (Å²) in [6.07, 6.45) is 1.24. The summed E-state index contributed by atoms with van der Waals surface area (Å²) < 4.78 is 0. The van der Waals surface area contributed by atoms with Crippen LogP contribution < -0.4 is 10.6 Å². The van der Waals surface area contributed by atoms with Crippen LogP contribution in [0.25, 0.3) is 0 Å². The molecular formula is C22H25ClN2O3. The Morgan fingerprint density at radius 1 is 1.07 bits per heavy atom. The first-order valence-corrected chi connectivity index (χ1v) is 9.50. The Kier molecular flexibility index (Phi) is 8.72. The first-order valence-electron chi connectivity index (χ1n) is 9.12. The van der Waals surface area contributed by atoms with E-state index >= 15 is 0 Å². The van der Waals surface area contributed by atoms with Crippen molar-refractivity contribution < 1.29 is 14.7 Å². The highest BCUT2D eigenvalue weighted by atomic mass is 35.5. The predicted molar refractivity (Wildman–Crippen MR) is 111 cm³/mol. The van der Waals surface area contributed by atoms with Gasteiger partial charge in [0.2, 0.25) is 11.8 Å². The van der Waals surface area contributed by atoms with E-state index in [0.717, 1.165) is 11.1 Å². The second-order valence-corrected chi connectivity index (χ2v) is 6.94. The van der Waals surface area contributed by atoms with Gasteiger partial charge in [-0.05, 0) is 29.7 Å². The zero-order valence-corrected chi connectivity index (χ0v) is 16.4. The summed E-state index contributed by atoms with van der Waals surface area (Å²) >= 11 is 5.84. The number of carbonyl (C=O) groups excluding carboxylic acids is 2. The molecule has 0 saturated carbocycles. The van der Waals surface area contributed by atoms with Gasteiger partial charge in [0.1, 0.15) is 0 Å². The summed E-state index contributed by atoms with van der Waals surface area (Å²) in [4.78, 5) is 24.7. The number of nitrogens with one attached hydrogen (secondary N) is 2. The van der Waals surface area contributed by atoms with E-state index in [0.29, 0.717) is 18.0 Å². The van der Waals surface area contributed by atoms with E-state index in [4.69, 9.17) is 11.6 Å². The van der Waals surface area contributed by atoms with Crippen LogP contribution in [0.3, 0.4) is 0 Å². The van der Waals surface area contributed by atoms with Gasteiger partial charge in [-0.3, -0.25) is 9.59 Å². The van der Waals surface area contributed by atoms with Crippen LogP contribution in [0.5, 0.6) is 0 Å². The molecule has 0 heterocycles. The van der Waals surface area contributed by atoms with Crippen LogP contribution in [-0.2, 0) is 16.1 Å². The van der Waals surface area contributed by atoms with Crippen molar-refractivity contribution in [3.05, 3.63) is 83.4 Å². The topological polar surface area (TPSA) is 78.4 Å². The summed E-state index contributed by atoms with van der Waals surface area (Å²) in [5, 5.41) is 16.3. The Morgan fingerprint density at radius 3 is 2.39 bits per heavy atom. The van der Waals surface area contributed by atoms with E-state index in [-0.39, 0.29) is 24.8 Å². The van der Waals surface area contributed by atoms with Gasteiger partial charge >= 0.3 is 0 Å². The van der Waals surface area contributed by atoms with E-state index in [1.807, 2.05) is 30.3 Å². The van der Waals surface area contributed by atoms with Crippen molar-refractivity contribution in [2.24, 2.45) is 5.92 Å². The fourth-order valence-corrected chi connectivity index (χ4v) is 2.84. The van der Waals surface area contributed by atoms with Gasteiger partial charge in [0.15, 0.2) is 0 Å². The summed E-state index contributed by atoms with van der Waals surface area (Å²) in [6, 6.07) is 16.3. The monoisotopic (exact) mass is 400 g/mol. The Balaban J connectivity index is 1.83. The highest BCUT2D eigenvalue weighted by Crippen LogP contribution is 2.14. The number of amides is 2. The van der Waals surface area contributed by atoms with E-state index < -0.39 is 12.0 Å². The molecule has 2 atom stereocenters. The molecule has 6 heteroatoms. The van der Waals surface area contributed by atoms with E-state index in [9.17, 15) is 14.7 Å². The van der Waals surface area contributed by atoms with Gasteiger partial charge in [0.25, 0.3) is 0 Å². The minimum absolute atomic E-state index is 0.0485. The average Bonchev–Trinajstić information content (AvgIpc) is 2.71. The fraction of sp³-hybridized carbons (Fsp3) is 0.273. The number of allylic oxidation sites excluding steroid dienone is 1. The van der Waals surface area contributed by atoms with Crippen molar-refractivity contribution in [1.82, 2.24) is 10.6 Å². The number of carbonyl (C=O) groups is 2. The van der Waals surface area contributed by atoms with E-state index in [2.05, 4.69) is 17.2 Å².